The first kappa shape index (κ1) is 14.5. The van der Waals surface area contributed by atoms with Crippen molar-refractivity contribution in [1.29, 1.82) is 0 Å². The highest BCUT2D eigenvalue weighted by atomic mass is 32.2. The molecule has 0 saturated carbocycles. The van der Waals surface area contributed by atoms with E-state index in [0.717, 1.165) is 19.3 Å². The molecule has 2 aliphatic heterocycles. The van der Waals surface area contributed by atoms with E-state index in [1.807, 2.05) is 0 Å². The fourth-order valence-electron chi connectivity index (χ4n) is 2.76. The van der Waals surface area contributed by atoms with E-state index in [1.54, 1.807) is 4.90 Å². The van der Waals surface area contributed by atoms with Gasteiger partial charge in [0, 0.05) is 32.7 Å². The Kier molecular flexibility index (Phi) is 4.32. The fraction of sp³-hybridized carbons (Fsp3) is 0.909. The van der Waals surface area contributed by atoms with Crippen LogP contribution in [0.5, 0.6) is 0 Å². The Balaban J connectivity index is 1.94. The Bertz CT molecular complexity index is 439. The molecule has 19 heavy (non-hydrogen) atoms. The third kappa shape index (κ3) is 3.58. The van der Waals surface area contributed by atoms with Crippen LogP contribution in [-0.4, -0.2) is 67.6 Å². The molecule has 1 atom stereocenters. The minimum Gasteiger partial charge on any atom is -0.323 e. The van der Waals surface area contributed by atoms with Crippen molar-refractivity contribution in [3.63, 3.8) is 0 Å². The quantitative estimate of drug-likeness (QED) is 0.569. The number of urea groups is 1. The molecule has 110 valence electrons. The van der Waals surface area contributed by atoms with Crippen molar-refractivity contribution < 1.29 is 13.2 Å². The average Bonchev–Trinajstić information content (AvgIpc) is 2.34. The summed E-state index contributed by atoms with van der Waals surface area (Å²) >= 11 is 0. The van der Waals surface area contributed by atoms with Crippen LogP contribution < -0.4 is 5.84 Å². The molecule has 0 aliphatic carbocycles. The second kappa shape index (κ2) is 5.64. The summed E-state index contributed by atoms with van der Waals surface area (Å²) in [4.78, 5) is 13.6. The molecule has 0 aromatic carbocycles. The van der Waals surface area contributed by atoms with Crippen LogP contribution in [0.3, 0.4) is 0 Å². The van der Waals surface area contributed by atoms with Gasteiger partial charge in [0.15, 0.2) is 0 Å². The fourth-order valence-corrected chi connectivity index (χ4v) is 3.71. The van der Waals surface area contributed by atoms with Crippen molar-refractivity contribution in [3.8, 4) is 0 Å². The first-order valence-corrected chi connectivity index (χ1v) is 8.49. The van der Waals surface area contributed by atoms with Crippen molar-refractivity contribution >= 4 is 16.1 Å². The van der Waals surface area contributed by atoms with Gasteiger partial charge >= 0.3 is 6.03 Å². The highest BCUT2D eigenvalue weighted by Gasteiger charge is 2.30. The molecule has 2 fully saturated rings. The van der Waals surface area contributed by atoms with E-state index in [-0.39, 0.29) is 11.9 Å². The Morgan fingerprint density at radius 3 is 2.68 bits per heavy atom. The van der Waals surface area contributed by atoms with Gasteiger partial charge in [0.2, 0.25) is 10.0 Å². The molecule has 8 heteroatoms. The highest BCUT2D eigenvalue weighted by molar-refractivity contribution is 7.88. The molecule has 2 N–H and O–H groups in total. The summed E-state index contributed by atoms with van der Waals surface area (Å²) in [5.41, 5.74) is 0. The zero-order valence-electron chi connectivity index (χ0n) is 11.3. The van der Waals surface area contributed by atoms with Crippen LogP contribution in [0.4, 0.5) is 4.79 Å². The van der Waals surface area contributed by atoms with Gasteiger partial charge in [-0.2, -0.15) is 0 Å². The van der Waals surface area contributed by atoms with Gasteiger partial charge in [0.1, 0.15) is 0 Å². The topological polar surface area (TPSA) is 87.0 Å². The maximum Gasteiger partial charge on any atom is 0.334 e. The smallest absolute Gasteiger partial charge is 0.323 e. The van der Waals surface area contributed by atoms with Gasteiger partial charge in [0.05, 0.1) is 6.26 Å². The number of amides is 2. The Morgan fingerprint density at radius 1 is 1.26 bits per heavy atom. The number of sulfonamides is 1. The van der Waals surface area contributed by atoms with Crippen LogP contribution in [0.1, 0.15) is 19.3 Å². The lowest BCUT2D eigenvalue weighted by atomic mass is 9.99. The Labute approximate surface area is 114 Å². The Morgan fingerprint density at radius 2 is 2.00 bits per heavy atom. The summed E-state index contributed by atoms with van der Waals surface area (Å²) in [5, 5.41) is 1.24. The van der Waals surface area contributed by atoms with Crippen molar-refractivity contribution in [1.82, 2.24) is 14.2 Å². The number of hydrazine groups is 1. The predicted octanol–water partition coefficient (Wildman–Crippen LogP) is -0.341. The SMILES string of the molecule is CS(=O)(=O)N1CCCC(CN2CCCN(N)C2=O)C1. The minimum absolute atomic E-state index is 0.150. The van der Waals surface area contributed by atoms with Gasteiger partial charge in [-0.25, -0.2) is 23.4 Å². The summed E-state index contributed by atoms with van der Waals surface area (Å²) < 4.78 is 24.6. The van der Waals surface area contributed by atoms with Crippen molar-refractivity contribution in [2.24, 2.45) is 11.8 Å². The largest absolute Gasteiger partial charge is 0.334 e. The second-order valence-electron chi connectivity index (χ2n) is 5.40. The van der Waals surface area contributed by atoms with Crippen molar-refractivity contribution in [3.05, 3.63) is 0 Å². The summed E-state index contributed by atoms with van der Waals surface area (Å²) in [7, 11) is -3.13. The monoisotopic (exact) mass is 290 g/mol. The number of carbonyl (C=O) groups excluding carboxylic acids is 1. The lowest BCUT2D eigenvalue weighted by Gasteiger charge is -2.37. The van der Waals surface area contributed by atoms with Crippen LogP contribution in [0, 0.1) is 5.92 Å². The molecule has 2 heterocycles. The zero-order chi connectivity index (χ0) is 14.0. The molecule has 2 aliphatic rings. The minimum atomic E-state index is -3.13. The molecule has 0 aromatic heterocycles. The maximum absolute atomic E-state index is 11.9. The lowest BCUT2D eigenvalue weighted by molar-refractivity contribution is 0.113. The molecule has 0 radical (unpaired) electrons. The number of piperidine rings is 1. The van der Waals surface area contributed by atoms with Crippen LogP contribution >= 0.6 is 0 Å². The van der Waals surface area contributed by atoms with E-state index >= 15 is 0 Å². The van der Waals surface area contributed by atoms with Gasteiger partial charge in [-0.05, 0) is 25.2 Å². The van der Waals surface area contributed by atoms with E-state index in [9.17, 15) is 13.2 Å². The number of hydrogen-bond acceptors (Lipinski definition) is 4. The lowest BCUT2D eigenvalue weighted by Crippen LogP contribution is -2.54. The molecule has 7 nitrogen and oxygen atoms in total. The Hall–Kier alpha value is -0.860. The molecule has 0 bridgehead atoms. The van der Waals surface area contributed by atoms with Gasteiger partial charge in [0.25, 0.3) is 0 Å². The van der Waals surface area contributed by atoms with Crippen LogP contribution in [0.25, 0.3) is 0 Å². The van der Waals surface area contributed by atoms with E-state index in [2.05, 4.69) is 0 Å². The van der Waals surface area contributed by atoms with Crippen molar-refractivity contribution in [2.45, 2.75) is 19.3 Å². The van der Waals surface area contributed by atoms with E-state index in [4.69, 9.17) is 5.84 Å². The number of nitrogens with two attached hydrogens (primary N) is 1. The normalized spacial score (nSPS) is 26.8. The molecule has 2 amide bonds. The van der Waals surface area contributed by atoms with E-state index < -0.39 is 10.0 Å². The predicted molar refractivity (Wildman–Crippen MR) is 71.6 cm³/mol. The summed E-state index contributed by atoms with van der Waals surface area (Å²) in [6, 6.07) is -0.150. The average molecular weight is 290 g/mol. The van der Waals surface area contributed by atoms with E-state index in [0.29, 0.717) is 32.7 Å². The summed E-state index contributed by atoms with van der Waals surface area (Å²) in [6.07, 6.45) is 3.92. The summed E-state index contributed by atoms with van der Waals surface area (Å²) in [5.74, 6) is 5.81. The number of hydrogen-bond donors (Lipinski definition) is 1. The second-order valence-corrected chi connectivity index (χ2v) is 7.39. The molecule has 2 saturated heterocycles. The summed E-state index contributed by atoms with van der Waals surface area (Å²) in [6.45, 7) is 3.00. The molecular weight excluding hydrogens is 268 g/mol. The van der Waals surface area contributed by atoms with Crippen LogP contribution in [0.15, 0.2) is 0 Å². The molecule has 1 unspecified atom stereocenters. The van der Waals surface area contributed by atoms with E-state index in [1.165, 1.54) is 15.6 Å². The van der Waals surface area contributed by atoms with Crippen LogP contribution in [0.2, 0.25) is 0 Å². The zero-order valence-corrected chi connectivity index (χ0v) is 12.1. The third-order valence-corrected chi connectivity index (χ3v) is 5.04. The van der Waals surface area contributed by atoms with Crippen LogP contribution in [-0.2, 0) is 10.0 Å². The first-order chi connectivity index (χ1) is 8.88. The van der Waals surface area contributed by atoms with Gasteiger partial charge in [-0.15, -0.1) is 0 Å². The number of nitrogens with zero attached hydrogens (tertiary/aromatic N) is 3. The number of carbonyl (C=O) groups is 1. The highest BCUT2D eigenvalue weighted by Crippen LogP contribution is 2.21. The third-order valence-electron chi connectivity index (χ3n) is 3.77. The molecular formula is C11H22N4O3S. The standard InChI is InChI=1S/C11H22N4O3S/c1-19(17,18)14-6-2-4-10(9-14)8-13-5-3-7-15(12)11(13)16/h10H,2-9,12H2,1H3. The van der Waals surface area contributed by atoms with Crippen molar-refractivity contribution in [2.75, 3.05) is 39.0 Å². The maximum atomic E-state index is 11.9. The first-order valence-electron chi connectivity index (χ1n) is 6.64. The van der Waals surface area contributed by atoms with Gasteiger partial charge in [-0.3, -0.25) is 5.01 Å². The molecule has 0 aromatic rings. The van der Waals surface area contributed by atoms with Gasteiger partial charge < -0.3 is 4.90 Å². The molecule has 2 rings (SSSR count). The van der Waals surface area contributed by atoms with Gasteiger partial charge in [-0.1, -0.05) is 0 Å². The molecule has 0 spiro atoms. The number of rotatable bonds is 3.